The molecule has 3 rings (SSSR count). The first-order chi connectivity index (χ1) is 7.84. The van der Waals surface area contributed by atoms with Crippen molar-refractivity contribution in [3.63, 3.8) is 0 Å². The van der Waals surface area contributed by atoms with Crippen LogP contribution < -0.4 is 0 Å². The Morgan fingerprint density at radius 1 is 1.35 bits per heavy atom. The Hall–Kier alpha value is -0.410. The van der Waals surface area contributed by atoms with Gasteiger partial charge in [0.2, 0.25) is 0 Å². The van der Waals surface area contributed by atoms with E-state index in [2.05, 4.69) is 13.8 Å². The zero-order chi connectivity index (χ0) is 12.4. The van der Waals surface area contributed by atoms with Crippen LogP contribution in [0.15, 0.2) is 0 Å². The molecule has 2 saturated carbocycles. The van der Waals surface area contributed by atoms with Gasteiger partial charge in [0.15, 0.2) is 0 Å². The maximum Gasteiger partial charge on any atom is 0.136 e. The average molecular weight is 238 g/mol. The lowest BCUT2D eigenvalue weighted by atomic mass is 9.53. The normalized spacial score (nSPS) is 52.4. The van der Waals surface area contributed by atoms with Gasteiger partial charge < -0.3 is 9.84 Å². The predicted molar refractivity (Wildman–Crippen MR) is 63.5 cm³/mol. The highest BCUT2D eigenvalue weighted by Gasteiger charge is 2.62. The van der Waals surface area contributed by atoms with Crippen LogP contribution in [-0.4, -0.2) is 28.7 Å². The van der Waals surface area contributed by atoms with Crippen molar-refractivity contribution in [3.05, 3.63) is 0 Å². The number of aliphatic hydroxyl groups excluding tert-OH is 1. The number of hydrogen-bond acceptors (Lipinski definition) is 3. The minimum atomic E-state index is -0.475. The smallest absolute Gasteiger partial charge is 0.136 e. The van der Waals surface area contributed by atoms with Gasteiger partial charge in [-0.3, -0.25) is 4.79 Å². The molecule has 5 atom stereocenters. The molecule has 17 heavy (non-hydrogen) atoms. The molecule has 1 N–H and O–H groups in total. The maximum absolute atomic E-state index is 12.1. The number of carbonyl (C=O) groups is 1. The van der Waals surface area contributed by atoms with Gasteiger partial charge in [-0.05, 0) is 37.5 Å². The molecule has 1 heterocycles. The van der Waals surface area contributed by atoms with Crippen molar-refractivity contribution in [1.29, 1.82) is 0 Å². The van der Waals surface area contributed by atoms with Crippen LogP contribution in [0.1, 0.15) is 46.5 Å². The summed E-state index contributed by atoms with van der Waals surface area (Å²) in [6, 6.07) is 0. The summed E-state index contributed by atoms with van der Waals surface area (Å²) >= 11 is 0. The Morgan fingerprint density at radius 3 is 2.71 bits per heavy atom. The van der Waals surface area contributed by atoms with E-state index in [0.29, 0.717) is 24.5 Å². The molecule has 3 heteroatoms. The second-order valence-corrected chi connectivity index (χ2v) is 6.95. The van der Waals surface area contributed by atoms with E-state index in [9.17, 15) is 9.90 Å². The van der Waals surface area contributed by atoms with Gasteiger partial charge in [0, 0.05) is 12.3 Å². The summed E-state index contributed by atoms with van der Waals surface area (Å²) in [5, 5.41) is 10.1. The van der Waals surface area contributed by atoms with Crippen LogP contribution in [0.2, 0.25) is 0 Å². The van der Waals surface area contributed by atoms with Crippen molar-refractivity contribution in [1.82, 2.24) is 0 Å². The zero-order valence-electron chi connectivity index (χ0n) is 10.9. The molecule has 0 unspecified atom stereocenters. The third kappa shape index (κ3) is 1.59. The summed E-state index contributed by atoms with van der Waals surface area (Å²) in [4.78, 5) is 12.1. The van der Waals surface area contributed by atoms with E-state index >= 15 is 0 Å². The van der Waals surface area contributed by atoms with Gasteiger partial charge in [0.1, 0.15) is 11.4 Å². The van der Waals surface area contributed by atoms with Crippen LogP contribution in [0.3, 0.4) is 0 Å². The molecule has 96 valence electrons. The van der Waals surface area contributed by atoms with Crippen LogP contribution in [-0.2, 0) is 9.53 Å². The van der Waals surface area contributed by atoms with Crippen LogP contribution in [0.5, 0.6) is 0 Å². The Labute approximate surface area is 103 Å². The van der Waals surface area contributed by atoms with Crippen molar-refractivity contribution >= 4 is 5.78 Å². The molecule has 0 aromatic carbocycles. The number of carbonyl (C=O) groups excluding carboxylic acids is 1. The molecule has 0 aromatic rings. The molecule has 3 aliphatic rings. The number of Topliss-reactive ketones (excluding diaryl/α,β-unsaturated/α-hetero) is 1. The Bertz CT molecular complexity index is 362. The minimum Gasteiger partial charge on any atom is -0.390 e. The van der Waals surface area contributed by atoms with E-state index in [1.54, 1.807) is 0 Å². The van der Waals surface area contributed by atoms with Gasteiger partial charge in [-0.25, -0.2) is 0 Å². The van der Waals surface area contributed by atoms with Gasteiger partial charge in [0.25, 0.3) is 0 Å². The van der Waals surface area contributed by atoms with E-state index in [1.807, 2.05) is 6.92 Å². The highest BCUT2D eigenvalue weighted by Crippen LogP contribution is 2.58. The fourth-order valence-electron chi connectivity index (χ4n) is 3.90. The molecule has 3 fully saturated rings. The fraction of sp³-hybridized carbons (Fsp3) is 0.929. The second kappa shape index (κ2) is 3.33. The summed E-state index contributed by atoms with van der Waals surface area (Å²) < 4.78 is 5.71. The molecule has 0 radical (unpaired) electrons. The second-order valence-electron chi connectivity index (χ2n) is 6.95. The molecule has 1 aliphatic heterocycles. The topological polar surface area (TPSA) is 49.8 Å². The van der Waals surface area contributed by atoms with Gasteiger partial charge >= 0.3 is 0 Å². The van der Waals surface area contributed by atoms with E-state index < -0.39 is 6.10 Å². The quantitative estimate of drug-likeness (QED) is 0.656. The van der Waals surface area contributed by atoms with Crippen molar-refractivity contribution in [2.45, 2.75) is 64.3 Å². The van der Waals surface area contributed by atoms with E-state index in [0.717, 1.165) is 12.8 Å². The molecule has 3 nitrogen and oxygen atoms in total. The van der Waals surface area contributed by atoms with E-state index in [-0.39, 0.29) is 23.0 Å². The number of fused-ring (bicyclic) bond motifs is 2. The largest absolute Gasteiger partial charge is 0.390 e. The monoisotopic (exact) mass is 238 g/mol. The number of ketones is 1. The summed E-state index contributed by atoms with van der Waals surface area (Å²) in [5.74, 6) is 1.04. The summed E-state index contributed by atoms with van der Waals surface area (Å²) in [6.07, 6.45) is 2.72. The lowest BCUT2D eigenvalue weighted by molar-refractivity contribution is -0.137. The Balaban J connectivity index is 1.83. The summed E-state index contributed by atoms with van der Waals surface area (Å²) in [5.41, 5.74) is -0.108. The standard InChI is InChI=1S/C14H22O3/c1-13(2)7-8-9(13)6-12-14(3,17-12)11(16)5-4-10(8)15/h8-9,11-12,16H,4-7H2,1-3H3/t8-,9+,11+,12+,14-/m0/s1. The number of epoxide rings is 1. The molecule has 0 amide bonds. The lowest BCUT2D eigenvalue weighted by Gasteiger charge is -2.51. The van der Waals surface area contributed by atoms with E-state index in [4.69, 9.17) is 4.74 Å². The first-order valence-electron chi connectivity index (χ1n) is 6.73. The number of aliphatic hydroxyl groups is 1. The molecular weight excluding hydrogens is 216 g/mol. The Morgan fingerprint density at radius 2 is 2.06 bits per heavy atom. The summed E-state index contributed by atoms with van der Waals surface area (Å²) in [6.45, 7) is 6.48. The zero-order valence-corrected chi connectivity index (χ0v) is 10.9. The SMILES string of the molecule is CC1(C)C[C@@H]2C(=O)CC[C@@H](O)[C@]3(C)O[C@@H]3C[C@H]21. The molecule has 0 bridgehead atoms. The van der Waals surface area contributed by atoms with Gasteiger partial charge in [0.05, 0.1) is 12.2 Å². The number of ether oxygens (including phenoxy) is 1. The first-order valence-corrected chi connectivity index (χ1v) is 6.73. The van der Waals surface area contributed by atoms with Gasteiger partial charge in [-0.15, -0.1) is 0 Å². The Kier molecular flexibility index (Phi) is 2.28. The van der Waals surface area contributed by atoms with Gasteiger partial charge in [-0.1, -0.05) is 13.8 Å². The van der Waals surface area contributed by atoms with Crippen molar-refractivity contribution < 1.29 is 14.6 Å². The molecular formula is C14H22O3. The molecule has 1 saturated heterocycles. The molecule has 2 aliphatic carbocycles. The molecule has 0 spiro atoms. The number of rotatable bonds is 0. The van der Waals surface area contributed by atoms with Gasteiger partial charge in [-0.2, -0.15) is 0 Å². The predicted octanol–water partition coefficient (Wildman–Crippen LogP) is 1.92. The lowest BCUT2D eigenvalue weighted by Crippen LogP contribution is -2.48. The number of hydrogen-bond donors (Lipinski definition) is 1. The summed E-state index contributed by atoms with van der Waals surface area (Å²) in [7, 11) is 0. The van der Waals surface area contributed by atoms with E-state index in [1.165, 1.54) is 0 Å². The van der Waals surface area contributed by atoms with Crippen LogP contribution in [0.4, 0.5) is 0 Å². The third-order valence-corrected chi connectivity index (χ3v) is 5.42. The first kappa shape index (κ1) is 11.7. The van der Waals surface area contributed by atoms with Crippen LogP contribution >= 0.6 is 0 Å². The fourth-order valence-corrected chi connectivity index (χ4v) is 3.90. The van der Waals surface area contributed by atoms with Crippen molar-refractivity contribution in [2.24, 2.45) is 17.3 Å². The molecule has 0 aromatic heterocycles. The third-order valence-electron chi connectivity index (χ3n) is 5.42. The highest BCUT2D eigenvalue weighted by atomic mass is 16.6. The minimum absolute atomic E-state index is 0.162. The van der Waals surface area contributed by atoms with Crippen LogP contribution in [0.25, 0.3) is 0 Å². The maximum atomic E-state index is 12.1. The average Bonchev–Trinajstić information content (AvgIpc) is 2.91. The van der Waals surface area contributed by atoms with Crippen molar-refractivity contribution in [3.8, 4) is 0 Å². The van der Waals surface area contributed by atoms with Crippen LogP contribution in [0, 0.1) is 17.3 Å². The van der Waals surface area contributed by atoms with Crippen molar-refractivity contribution in [2.75, 3.05) is 0 Å². The highest BCUT2D eigenvalue weighted by molar-refractivity contribution is 5.82.